The molecule has 2 aliphatic carbocycles. The molecule has 116 valence electrons. The molecule has 5 atom stereocenters. The lowest BCUT2D eigenvalue weighted by Gasteiger charge is -2.36. The molecule has 0 aromatic rings. The fourth-order valence-corrected chi connectivity index (χ4v) is 4.34. The van der Waals surface area contributed by atoms with Crippen LogP contribution in [0.4, 0.5) is 0 Å². The number of ether oxygens (including phenoxy) is 1. The third-order valence-corrected chi connectivity index (χ3v) is 5.26. The topological polar surface area (TPSA) is 66.8 Å². The van der Waals surface area contributed by atoms with E-state index < -0.39 is 11.9 Å². The van der Waals surface area contributed by atoms with Gasteiger partial charge in [-0.25, -0.2) is 0 Å². The standard InChI is InChI=1S/C16H23NO4/c1-21-9-10-3-2-6-17(8-10)15(18)13-11-4-5-12(7-11)14(13)16(19)20/h4-5,10-14H,2-3,6-9H2,1H3,(H,19,20)/t10?,11?,12?,13-,14+/m0/s1. The number of aliphatic carboxylic acids is 1. The van der Waals surface area contributed by atoms with Gasteiger partial charge in [0.05, 0.1) is 18.4 Å². The molecule has 5 heteroatoms. The molecule has 1 N–H and O–H groups in total. The molecule has 0 radical (unpaired) electrons. The van der Waals surface area contributed by atoms with Crippen LogP contribution in [0.15, 0.2) is 12.2 Å². The van der Waals surface area contributed by atoms with Crippen molar-refractivity contribution >= 4 is 11.9 Å². The molecule has 1 amide bonds. The van der Waals surface area contributed by atoms with Crippen LogP contribution in [0.1, 0.15) is 19.3 Å². The molecule has 0 aromatic heterocycles. The third-order valence-electron chi connectivity index (χ3n) is 5.26. The second-order valence-corrected chi connectivity index (χ2v) is 6.59. The molecule has 0 aromatic carbocycles. The minimum Gasteiger partial charge on any atom is -0.481 e. The number of carbonyl (C=O) groups is 2. The fraction of sp³-hybridized carbons (Fsp3) is 0.750. The number of methoxy groups -OCH3 is 1. The van der Waals surface area contributed by atoms with Gasteiger partial charge in [0, 0.05) is 20.2 Å². The zero-order valence-corrected chi connectivity index (χ0v) is 12.4. The second-order valence-electron chi connectivity index (χ2n) is 6.59. The van der Waals surface area contributed by atoms with E-state index in [0.717, 1.165) is 25.8 Å². The molecule has 5 nitrogen and oxygen atoms in total. The van der Waals surface area contributed by atoms with Crippen molar-refractivity contribution in [1.29, 1.82) is 0 Å². The summed E-state index contributed by atoms with van der Waals surface area (Å²) in [6, 6.07) is 0. The Morgan fingerprint density at radius 2 is 2.00 bits per heavy atom. The fourth-order valence-electron chi connectivity index (χ4n) is 4.34. The Morgan fingerprint density at radius 3 is 2.67 bits per heavy atom. The molecular weight excluding hydrogens is 270 g/mol. The molecule has 1 saturated carbocycles. The summed E-state index contributed by atoms with van der Waals surface area (Å²) in [6.45, 7) is 2.13. The van der Waals surface area contributed by atoms with Gasteiger partial charge in [-0.1, -0.05) is 12.2 Å². The lowest BCUT2D eigenvalue weighted by Crippen LogP contribution is -2.47. The Morgan fingerprint density at radius 1 is 1.29 bits per heavy atom. The maximum Gasteiger partial charge on any atom is 0.307 e. The van der Waals surface area contributed by atoms with Crippen molar-refractivity contribution in [2.45, 2.75) is 19.3 Å². The van der Waals surface area contributed by atoms with Gasteiger partial charge < -0.3 is 14.7 Å². The Kier molecular flexibility index (Phi) is 4.02. The van der Waals surface area contributed by atoms with Gasteiger partial charge in [0.25, 0.3) is 0 Å². The van der Waals surface area contributed by atoms with E-state index in [0.29, 0.717) is 19.1 Å². The summed E-state index contributed by atoms with van der Waals surface area (Å²) in [5.41, 5.74) is 0. The monoisotopic (exact) mass is 293 g/mol. The van der Waals surface area contributed by atoms with Crippen LogP contribution in [0.3, 0.4) is 0 Å². The Labute approximate surface area is 124 Å². The molecule has 21 heavy (non-hydrogen) atoms. The number of carboxylic acid groups (broad SMARTS) is 1. The maximum absolute atomic E-state index is 12.8. The first-order chi connectivity index (χ1) is 10.1. The number of allylic oxidation sites excluding steroid dienone is 2. The molecular formula is C16H23NO4. The first-order valence-electron chi connectivity index (χ1n) is 7.80. The van der Waals surface area contributed by atoms with Crippen molar-refractivity contribution in [1.82, 2.24) is 4.90 Å². The smallest absolute Gasteiger partial charge is 0.307 e. The van der Waals surface area contributed by atoms with Gasteiger partial charge in [-0.3, -0.25) is 9.59 Å². The van der Waals surface area contributed by atoms with Gasteiger partial charge in [-0.15, -0.1) is 0 Å². The summed E-state index contributed by atoms with van der Waals surface area (Å²) in [5.74, 6) is -1.14. The SMILES string of the molecule is COCC1CCCN(C(=O)[C@H]2C3C=CC(C3)[C@H]2C(=O)O)C1. The van der Waals surface area contributed by atoms with E-state index >= 15 is 0 Å². The predicted octanol–water partition coefficient (Wildman–Crippen LogP) is 1.39. The van der Waals surface area contributed by atoms with E-state index in [-0.39, 0.29) is 23.7 Å². The van der Waals surface area contributed by atoms with Crippen LogP contribution in [-0.4, -0.2) is 48.7 Å². The van der Waals surface area contributed by atoms with E-state index in [2.05, 4.69) is 0 Å². The lowest BCUT2D eigenvalue weighted by molar-refractivity contribution is -0.152. The number of rotatable bonds is 4. The van der Waals surface area contributed by atoms with Crippen molar-refractivity contribution < 1.29 is 19.4 Å². The lowest BCUT2D eigenvalue weighted by atomic mass is 9.81. The number of hydrogen-bond donors (Lipinski definition) is 1. The molecule has 3 rings (SSSR count). The Balaban J connectivity index is 1.72. The number of hydrogen-bond acceptors (Lipinski definition) is 3. The highest BCUT2D eigenvalue weighted by Gasteiger charge is 2.52. The summed E-state index contributed by atoms with van der Waals surface area (Å²) in [4.78, 5) is 26.3. The van der Waals surface area contributed by atoms with Crippen LogP contribution in [0.2, 0.25) is 0 Å². The highest BCUT2D eigenvalue weighted by atomic mass is 16.5. The highest BCUT2D eigenvalue weighted by molar-refractivity contribution is 5.87. The van der Waals surface area contributed by atoms with Crippen molar-refractivity contribution in [3.8, 4) is 0 Å². The maximum atomic E-state index is 12.8. The summed E-state index contributed by atoms with van der Waals surface area (Å²) in [6.07, 6.45) is 6.91. The molecule has 1 heterocycles. The number of likely N-dealkylation sites (tertiary alicyclic amines) is 1. The van der Waals surface area contributed by atoms with Gasteiger partial charge >= 0.3 is 5.97 Å². The Hall–Kier alpha value is -1.36. The molecule has 0 spiro atoms. The third kappa shape index (κ3) is 2.59. The molecule has 3 aliphatic rings. The van der Waals surface area contributed by atoms with Crippen LogP contribution < -0.4 is 0 Å². The van der Waals surface area contributed by atoms with E-state index in [9.17, 15) is 14.7 Å². The predicted molar refractivity (Wildman–Crippen MR) is 76.5 cm³/mol. The summed E-state index contributed by atoms with van der Waals surface area (Å²) in [7, 11) is 1.68. The molecule has 1 aliphatic heterocycles. The van der Waals surface area contributed by atoms with Crippen LogP contribution in [0.25, 0.3) is 0 Å². The van der Waals surface area contributed by atoms with Crippen LogP contribution in [-0.2, 0) is 14.3 Å². The second kappa shape index (κ2) is 5.79. The molecule has 1 saturated heterocycles. The van der Waals surface area contributed by atoms with Crippen molar-refractivity contribution in [3.05, 3.63) is 12.2 Å². The minimum absolute atomic E-state index is 0.0417. The first-order valence-corrected chi connectivity index (χ1v) is 7.80. The number of piperidine rings is 1. The quantitative estimate of drug-likeness (QED) is 0.796. The molecule has 2 fully saturated rings. The van der Waals surface area contributed by atoms with Crippen molar-refractivity contribution in [2.24, 2.45) is 29.6 Å². The summed E-state index contributed by atoms with van der Waals surface area (Å²) in [5, 5.41) is 9.46. The average Bonchev–Trinajstić information content (AvgIpc) is 3.07. The van der Waals surface area contributed by atoms with Gasteiger partial charge in [-0.05, 0) is 37.0 Å². The minimum atomic E-state index is -0.823. The number of carboxylic acids is 1. The number of fused-ring (bicyclic) bond motifs is 2. The van der Waals surface area contributed by atoms with Gasteiger partial charge in [0.2, 0.25) is 5.91 Å². The van der Waals surface area contributed by atoms with Crippen LogP contribution >= 0.6 is 0 Å². The van der Waals surface area contributed by atoms with E-state index in [4.69, 9.17) is 4.74 Å². The van der Waals surface area contributed by atoms with Gasteiger partial charge in [-0.2, -0.15) is 0 Å². The normalized spacial score (nSPS) is 38.0. The van der Waals surface area contributed by atoms with Crippen LogP contribution in [0, 0.1) is 29.6 Å². The molecule has 3 unspecified atom stereocenters. The zero-order valence-electron chi connectivity index (χ0n) is 12.4. The van der Waals surface area contributed by atoms with Crippen molar-refractivity contribution in [2.75, 3.05) is 26.8 Å². The zero-order chi connectivity index (χ0) is 15.0. The first kappa shape index (κ1) is 14.6. The number of nitrogens with zero attached hydrogens (tertiary/aromatic N) is 1. The van der Waals surface area contributed by atoms with Gasteiger partial charge in [0.15, 0.2) is 0 Å². The van der Waals surface area contributed by atoms with E-state index in [1.807, 2.05) is 17.1 Å². The van der Waals surface area contributed by atoms with Crippen LogP contribution in [0.5, 0.6) is 0 Å². The summed E-state index contributed by atoms with van der Waals surface area (Å²) < 4.78 is 5.20. The molecule has 2 bridgehead atoms. The van der Waals surface area contributed by atoms with Crippen molar-refractivity contribution in [3.63, 3.8) is 0 Å². The van der Waals surface area contributed by atoms with E-state index in [1.54, 1.807) is 7.11 Å². The highest BCUT2D eigenvalue weighted by Crippen LogP contribution is 2.49. The summed E-state index contributed by atoms with van der Waals surface area (Å²) >= 11 is 0. The number of carbonyl (C=O) groups excluding carboxylic acids is 1. The largest absolute Gasteiger partial charge is 0.481 e. The van der Waals surface area contributed by atoms with Gasteiger partial charge in [0.1, 0.15) is 0 Å². The average molecular weight is 293 g/mol. The Bertz CT molecular complexity index is 459. The number of amides is 1. The van der Waals surface area contributed by atoms with E-state index in [1.165, 1.54) is 0 Å².